The Labute approximate surface area is 125 Å². The van der Waals surface area contributed by atoms with Gasteiger partial charge in [0.1, 0.15) is 23.2 Å². The van der Waals surface area contributed by atoms with E-state index in [0.717, 1.165) is 9.13 Å². The number of rotatable bonds is 4. The van der Waals surface area contributed by atoms with E-state index in [-0.39, 0.29) is 17.9 Å². The van der Waals surface area contributed by atoms with Gasteiger partial charge in [0, 0.05) is 14.1 Å². The molecule has 2 N–H and O–H groups in total. The van der Waals surface area contributed by atoms with Crippen LogP contribution in [0.1, 0.15) is 18.2 Å². The number of hydrogen-bond acceptors (Lipinski definition) is 6. The fraction of sp³-hybridized carbons (Fsp3) is 0.357. The van der Waals surface area contributed by atoms with Gasteiger partial charge in [-0.3, -0.25) is 13.9 Å². The number of nitrogens with zero attached hydrogens (tertiary/aromatic N) is 3. The first-order chi connectivity index (χ1) is 10.3. The molecule has 0 aliphatic rings. The molecule has 0 amide bonds. The van der Waals surface area contributed by atoms with Crippen molar-refractivity contribution in [3.05, 3.63) is 50.6 Å². The summed E-state index contributed by atoms with van der Waals surface area (Å²) < 4.78 is 7.16. The van der Waals surface area contributed by atoms with Crippen LogP contribution in [0, 0.1) is 11.3 Å². The Morgan fingerprint density at radius 1 is 1.41 bits per heavy atom. The summed E-state index contributed by atoms with van der Waals surface area (Å²) in [4.78, 5) is 23.9. The van der Waals surface area contributed by atoms with Crippen LogP contribution in [-0.4, -0.2) is 20.8 Å². The molecule has 0 saturated carbocycles. The lowest BCUT2D eigenvalue weighted by Crippen LogP contribution is -2.41. The Morgan fingerprint density at radius 2 is 2.09 bits per heavy atom. The van der Waals surface area contributed by atoms with Gasteiger partial charge >= 0.3 is 5.69 Å². The highest BCUT2D eigenvalue weighted by molar-refractivity contribution is 5.51. The van der Waals surface area contributed by atoms with Gasteiger partial charge in [-0.2, -0.15) is 5.26 Å². The summed E-state index contributed by atoms with van der Waals surface area (Å²) in [6.45, 7) is 1.47. The predicted molar refractivity (Wildman–Crippen MR) is 78.4 cm³/mol. The summed E-state index contributed by atoms with van der Waals surface area (Å²) in [6.07, 6.45) is 1.43. The maximum atomic E-state index is 12.0. The molecule has 0 aliphatic heterocycles. The van der Waals surface area contributed by atoms with Crippen molar-refractivity contribution >= 4 is 5.82 Å². The van der Waals surface area contributed by atoms with Crippen molar-refractivity contribution in [2.75, 3.05) is 11.9 Å². The summed E-state index contributed by atoms with van der Waals surface area (Å²) in [5, 5.41) is 22.3. The van der Waals surface area contributed by atoms with E-state index >= 15 is 0 Å². The smallest absolute Gasteiger partial charge is 0.332 e. The molecule has 116 valence electrons. The average Bonchev–Trinajstić information content (AvgIpc) is 3.02. The number of furan rings is 1. The van der Waals surface area contributed by atoms with Gasteiger partial charge in [-0.05, 0) is 19.1 Å². The Bertz CT molecular complexity index is 837. The molecule has 2 heterocycles. The molecule has 0 radical (unpaired) electrons. The van der Waals surface area contributed by atoms with Crippen LogP contribution >= 0.6 is 0 Å². The second-order valence-corrected chi connectivity index (χ2v) is 5.15. The maximum Gasteiger partial charge on any atom is 0.332 e. The van der Waals surface area contributed by atoms with Gasteiger partial charge in [0.25, 0.3) is 5.56 Å². The van der Waals surface area contributed by atoms with Crippen molar-refractivity contribution < 1.29 is 9.52 Å². The quantitative estimate of drug-likeness (QED) is 0.813. The average molecular weight is 304 g/mol. The first-order valence-electron chi connectivity index (χ1n) is 6.50. The number of aromatic nitrogens is 2. The standard InChI is InChI=1S/C14H16N4O4/c1-14(21,10-5-4-6-22-10)8-16-11-9(7-15)12(19)18(3)13(20)17(11)2/h4-6,16,21H,8H2,1-3H3. The normalized spacial score (nSPS) is 13.4. The topological polar surface area (TPSA) is 113 Å². The van der Waals surface area contributed by atoms with E-state index < -0.39 is 16.9 Å². The molecular weight excluding hydrogens is 288 g/mol. The van der Waals surface area contributed by atoms with E-state index in [1.54, 1.807) is 18.2 Å². The lowest BCUT2D eigenvalue weighted by atomic mass is 10.0. The molecule has 2 aromatic heterocycles. The van der Waals surface area contributed by atoms with Gasteiger partial charge in [0.2, 0.25) is 0 Å². The van der Waals surface area contributed by atoms with Gasteiger partial charge in [0.15, 0.2) is 5.56 Å². The van der Waals surface area contributed by atoms with Gasteiger partial charge in [-0.25, -0.2) is 4.79 Å². The molecule has 2 aromatic rings. The molecule has 1 atom stereocenters. The zero-order valence-corrected chi connectivity index (χ0v) is 12.5. The molecular formula is C14H16N4O4. The predicted octanol–water partition coefficient (Wildman–Crippen LogP) is -0.132. The Morgan fingerprint density at radius 3 is 2.64 bits per heavy atom. The molecule has 0 spiro atoms. The third kappa shape index (κ3) is 2.54. The molecule has 0 fully saturated rings. The fourth-order valence-electron chi connectivity index (χ4n) is 2.08. The molecule has 1 unspecified atom stereocenters. The number of nitrogens with one attached hydrogen (secondary N) is 1. The molecule has 22 heavy (non-hydrogen) atoms. The molecule has 0 saturated heterocycles. The zero-order valence-electron chi connectivity index (χ0n) is 12.5. The number of nitriles is 1. The lowest BCUT2D eigenvalue weighted by molar-refractivity contribution is 0.0475. The molecule has 2 rings (SSSR count). The van der Waals surface area contributed by atoms with E-state index in [0.29, 0.717) is 5.76 Å². The van der Waals surface area contributed by atoms with Gasteiger partial charge in [0.05, 0.1) is 12.8 Å². The number of hydrogen-bond donors (Lipinski definition) is 2. The summed E-state index contributed by atoms with van der Waals surface area (Å²) >= 11 is 0. The van der Waals surface area contributed by atoms with Crippen LogP contribution in [0.2, 0.25) is 0 Å². The Hall–Kier alpha value is -2.79. The van der Waals surface area contributed by atoms with Crippen LogP contribution < -0.4 is 16.6 Å². The minimum atomic E-state index is -1.37. The van der Waals surface area contributed by atoms with Crippen LogP contribution in [0.4, 0.5) is 5.82 Å². The van der Waals surface area contributed by atoms with Crippen LogP contribution in [-0.2, 0) is 19.7 Å². The number of aliphatic hydroxyl groups is 1. The van der Waals surface area contributed by atoms with Crippen molar-refractivity contribution in [3.8, 4) is 6.07 Å². The second-order valence-electron chi connectivity index (χ2n) is 5.15. The van der Waals surface area contributed by atoms with Crippen molar-refractivity contribution in [2.24, 2.45) is 14.1 Å². The lowest BCUT2D eigenvalue weighted by Gasteiger charge is -2.23. The van der Waals surface area contributed by atoms with E-state index in [2.05, 4.69) is 5.32 Å². The van der Waals surface area contributed by atoms with E-state index in [1.165, 1.54) is 27.3 Å². The molecule has 0 aliphatic carbocycles. The molecule has 0 aromatic carbocycles. The SMILES string of the molecule is Cn1c(NCC(C)(O)c2ccco2)c(C#N)c(=O)n(C)c1=O. The number of anilines is 1. The Kier molecular flexibility index (Phi) is 3.93. The summed E-state index contributed by atoms with van der Waals surface area (Å²) in [5.41, 5.74) is -2.82. The van der Waals surface area contributed by atoms with Gasteiger partial charge in [-0.1, -0.05) is 0 Å². The molecule has 0 bridgehead atoms. The summed E-state index contributed by atoms with van der Waals surface area (Å²) in [5.74, 6) is 0.384. The minimum Gasteiger partial charge on any atom is -0.466 e. The van der Waals surface area contributed by atoms with E-state index in [9.17, 15) is 14.7 Å². The highest BCUT2D eigenvalue weighted by atomic mass is 16.4. The maximum absolute atomic E-state index is 12.0. The minimum absolute atomic E-state index is 0.0460. The van der Waals surface area contributed by atoms with Crippen LogP contribution in [0.5, 0.6) is 0 Å². The van der Waals surface area contributed by atoms with Gasteiger partial charge < -0.3 is 14.8 Å². The second kappa shape index (κ2) is 5.54. The monoisotopic (exact) mass is 304 g/mol. The van der Waals surface area contributed by atoms with Crippen molar-refractivity contribution in [1.29, 1.82) is 5.26 Å². The van der Waals surface area contributed by atoms with Crippen LogP contribution in [0.25, 0.3) is 0 Å². The van der Waals surface area contributed by atoms with E-state index in [4.69, 9.17) is 9.68 Å². The largest absolute Gasteiger partial charge is 0.466 e. The molecule has 8 heteroatoms. The van der Waals surface area contributed by atoms with E-state index in [1.807, 2.05) is 0 Å². The zero-order chi connectivity index (χ0) is 16.5. The van der Waals surface area contributed by atoms with Crippen molar-refractivity contribution in [3.63, 3.8) is 0 Å². The van der Waals surface area contributed by atoms with Crippen LogP contribution in [0.3, 0.4) is 0 Å². The Balaban J connectivity index is 2.41. The summed E-state index contributed by atoms with van der Waals surface area (Å²) in [7, 11) is 2.74. The van der Waals surface area contributed by atoms with Gasteiger partial charge in [-0.15, -0.1) is 0 Å². The molecule has 8 nitrogen and oxygen atoms in total. The van der Waals surface area contributed by atoms with Crippen molar-refractivity contribution in [2.45, 2.75) is 12.5 Å². The van der Waals surface area contributed by atoms with Crippen molar-refractivity contribution in [1.82, 2.24) is 9.13 Å². The third-order valence-electron chi connectivity index (χ3n) is 3.43. The highest BCUT2D eigenvalue weighted by Gasteiger charge is 2.27. The fourth-order valence-corrected chi connectivity index (χ4v) is 2.08. The third-order valence-corrected chi connectivity index (χ3v) is 3.43. The first-order valence-corrected chi connectivity index (χ1v) is 6.50. The highest BCUT2D eigenvalue weighted by Crippen LogP contribution is 2.21. The summed E-state index contributed by atoms with van der Waals surface area (Å²) in [6, 6.07) is 5.03. The van der Waals surface area contributed by atoms with Crippen LogP contribution in [0.15, 0.2) is 32.4 Å². The first kappa shape index (κ1) is 15.6.